The van der Waals surface area contributed by atoms with Gasteiger partial charge in [-0.25, -0.2) is 4.98 Å². The number of anilines is 2. The third kappa shape index (κ3) is 2.32. The maximum Gasteiger partial charge on any atom is 0.149 e. The Bertz CT molecular complexity index is 799. The van der Waals surface area contributed by atoms with Crippen LogP contribution in [0.3, 0.4) is 0 Å². The van der Waals surface area contributed by atoms with Gasteiger partial charge in [0.2, 0.25) is 0 Å². The minimum absolute atomic E-state index is 0.546. The number of nitrogens with zero attached hydrogens (tertiary/aromatic N) is 2. The lowest BCUT2D eigenvalue weighted by molar-refractivity contribution is 1.34. The van der Waals surface area contributed by atoms with E-state index in [0.29, 0.717) is 11.4 Å². The summed E-state index contributed by atoms with van der Waals surface area (Å²) in [6.45, 7) is 2.04. The molecular formula is C17H13N3. The Morgan fingerprint density at radius 2 is 1.80 bits per heavy atom. The van der Waals surface area contributed by atoms with Crippen molar-refractivity contribution in [3.8, 4) is 6.07 Å². The van der Waals surface area contributed by atoms with Crippen LogP contribution in [-0.2, 0) is 0 Å². The molecule has 3 heteroatoms. The highest BCUT2D eigenvalue weighted by Gasteiger charge is 2.06. The van der Waals surface area contributed by atoms with Crippen molar-refractivity contribution in [1.82, 2.24) is 4.98 Å². The van der Waals surface area contributed by atoms with E-state index in [9.17, 15) is 5.26 Å². The number of aryl methyl sites for hydroxylation is 1. The van der Waals surface area contributed by atoms with Crippen molar-refractivity contribution in [1.29, 1.82) is 5.26 Å². The van der Waals surface area contributed by atoms with Crippen molar-refractivity contribution in [2.24, 2.45) is 0 Å². The standard InChI is InChI=1S/C17H13N3/c1-12-6-8-15(9-7-12)19-17-14(11-18)10-13-4-2-3-5-16(13)20-17/h2-10H,1H3,(H,19,20). The Morgan fingerprint density at radius 1 is 1.05 bits per heavy atom. The van der Waals surface area contributed by atoms with Crippen LogP contribution in [0.5, 0.6) is 0 Å². The molecule has 3 aromatic rings. The van der Waals surface area contributed by atoms with Gasteiger partial charge in [0, 0.05) is 11.1 Å². The fraction of sp³-hybridized carbons (Fsp3) is 0.0588. The van der Waals surface area contributed by atoms with Gasteiger partial charge >= 0.3 is 0 Å². The zero-order chi connectivity index (χ0) is 13.9. The fourth-order valence-electron chi connectivity index (χ4n) is 2.07. The number of benzene rings is 2. The number of aromatic nitrogens is 1. The van der Waals surface area contributed by atoms with Crippen LogP contribution in [-0.4, -0.2) is 4.98 Å². The summed E-state index contributed by atoms with van der Waals surface area (Å²) < 4.78 is 0. The van der Waals surface area contributed by atoms with Crippen LogP contribution in [0.2, 0.25) is 0 Å². The molecule has 1 aromatic heterocycles. The molecule has 0 aliphatic heterocycles. The van der Waals surface area contributed by atoms with Crippen molar-refractivity contribution in [2.75, 3.05) is 5.32 Å². The van der Waals surface area contributed by atoms with Crippen LogP contribution in [0.1, 0.15) is 11.1 Å². The van der Waals surface area contributed by atoms with Gasteiger partial charge in [0.05, 0.1) is 11.1 Å². The molecular weight excluding hydrogens is 246 g/mol. The molecule has 0 amide bonds. The molecule has 0 unspecified atom stereocenters. The molecule has 0 spiro atoms. The Morgan fingerprint density at radius 3 is 2.55 bits per heavy atom. The predicted molar refractivity (Wildman–Crippen MR) is 80.9 cm³/mol. The van der Waals surface area contributed by atoms with Crippen molar-refractivity contribution in [3.05, 3.63) is 65.7 Å². The average molecular weight is 259 g/mol. The number of hydrogen-bond donors (Lipinski definition) is 1. The fourth-order valence-corrected chi connectivity index (χ4v) is 2.07. The summed E-state index contributed by atoms with van der Waals surface area (Å²) >= 11 is 0. The van der Waals surface area contributed by atoms with Crippen molar-refractivity contribution >= 4 is 22.4 Å². The molecule has 0 aliphatic carbocycles. The number of nitriles is 1. The lowest BCUT2D eigenvalue weighted by Crippen LogP contribution is -1.97. The SMILES string of the molecule is Cc1ccc(Nc2nc3ccccc3cc2C#N)cc1. The number of pyridine rings is 1. The van der Waals surface area contributed by atoms with E-state index < -0.39 is 0 Å². The lowest BCUT2D eigenvalue weighted by Gasteiger charge is -2.09. The molecule has 3 rings (SSSR count). The van der Waals surface area contributed by atoms with Crippen LogP contribution in [0.25, 0.3) is 10.9 Å². The quantitative estimate of drug-likeness (QED) is 0.751. The Hall–Kier alpha value is -2.86. The summed E-state index contributed by atoms with van der Waals surface area (Å²) in [5, 5.41) is 13.5. The second-order valence-electron chi connectivity index (χ2n) is 4.68. The minimum atomic E-state index is 0.546. The molecule has 0 radical (unpaired) electrons. The van der Waals surface area contributed by atoms with Gasteiger partial charge in [-0.1, -0.05) is 35.9 Å². The third-order valence-corrected chi connectivity index (χ3v) is 3.16. The molecule has 1 heterocycles. The zero-order valence-corrected chi connectivity index (χ0v) is 11.1. The smallest absolute Gasteiger partial charge is 0.149 e. The van der Waals surface area contributed by atoms with Gasteiger partial charge in [-0.2, -0.15) is 5.26 Å². The highest BCUT2D eigenvalue weighted by molar-refractivity contribution is 5.83. The summed E-state index contributed by atoms with van der Waals surface area (Å²) in [4.78, 5) is 4.53. The summed E-state index contributed by atoms with van der Waals surface area (Å²) in [6, 6.07) is 19.8. The Labute approximate surface area is 117 Å². The summed E-state index contributed by atoms with van der Waals surface area (Å²) in [5.74, 6) is 0.593. The van der Waals surface area contributed by atoms with Gasteiger partial charge in [0.15, 0.2) is 0 Å². The van der Waals surface area contributed by atoms with Gasteiger partial charge in [-0.05, 0) is 31.2 Å². The molecule has 0 saturated heterocycles. The number of rotatable bonds is 2. The molecule has 0 aliphatic rings. The first-order valence-corrected chi connectivity index (χ1v) is 6.40. The largest absolute Gasteiger partial charge is 0.339 e. The van der Waals surface area contributed by atoms with E-state index in [0.717, 1.165) is 16.6 Å². The Balaban J connectivity index is 2.06. The van der Waals surface area contributed by atoms with E-state index in [-0.39, 0.29) is 0 Å². The first-order chi connectivity index (χ1) is 9.76. The second kappa shape index (κ2) is 5.02. The van der Waals surface area contributed by atoms with Crippen LogP contribution in [0.15, 0.2) is 54.6 Å². The topological polar surface area (TPSA) is 48.7 Å². The van der Waals surface area contributed by atoms with Gasteiger partial charge < -0.3 is 5.32 Å². The van der Waals surface area contributed by atoms with Crippen molar-refractivity contribution in [3.63, 3.8) is 0 Å². The van der Waals surface area contributed by atoms with Gasteiger partial charge in [-0.15, -0.1) is 0 Å². The molecule has 20 heavy (non-hydrogen) atoms. The highest BCUT2D eigenvalue weighted by atomic mass is 15.0. The van der Waals surface area contributed by atoms with Crippen LogP contribution >= 0.6 is 0 Å². The molecule has 0 bridgehead atoms. The lowest BCUT2D eigenvalue weighted by atomic mass is 10.1. The van der Waals surface area contributed by atoms with Gasteiger partial charge in [0.1, 0.15) is 11.9 Å². The monoisotopic (exact) mass is 259 g/mol. The summed E-state index contributed by atoms with van der Waals surface area (Å²) in [6.07, 6.45) is 0. The highest BCUT2D eigenvalue weighted by Crippen LogP contribution is 2.23. The Kier molecular flexibility index (Phi) is 3.06. The molecule has 3 nitrogen and oxygen atoms in total. The van der Waals surface area contributed by atoms with Crippen LogP contribution < -0.4 is 5.32 Å². The molecule has 0 saturated carbocycles. The normalized spacial score (nSPS) is 10.2. The third-order valence-electron chi connectivity index (χ3n) is 3.16. The number of nitrogens with one attached hydrogen (secondary N) is 1. The van der Waals surface area contributed by atoms with E-state index in [4.69, 9.17) is 0 Å². The zero-order valence-electron chi connectivity index (χ0n) is 11.1. The number of para-hydroxylation sites is 1. The van der Waals surface area contributed by atoms with Crippen LogP contribution in [0.4, 0.5) is 11.5 Å². The summed E-state index contributed by atoms with van der Waals surface area (Å²) in [5.41, 5.74) is 3.54. The molecule has 2 aromatic carbocycles. The first kappa shape index (κ1) is 12.2. The van der Waals surface area contributed by atoms with Crippen molar-refractivity contribution in [2.45, 2.75) is 6.92 Å². The summed E-state index contributed by atoms with van der Waals surface area (Å²) in [7, 11) is 0. The van der Waals surface area contributed by atoms with E-state index in [1.807, 2.05) is 61.5 Å². The van der Waals surface area contributed by atoms with Gasteiger partial charge in [-0.3, -0.25) is 0 Å². The van der Waals surface area contributed by atoms with E-state index >= 15 is 0 Å². The van der Waals surface area contributed by atoms with Crippen molar-refractivity contribution < 1.29 is 0 Å². The maximum atomic E-state index is 9.27. The maximum absolute atomic E-state index is 9.27. The van der Waals surface area contributed by atoms with Crippen LogP contribution in [0, 0.1) is 18.3 Å². The minimum Gasteiger partial charge on any atom is -0.339 e. The van der Waals surface area contributed by atoms with E-state index in [1.165, 1.54) is 5.56 Å². The number of hydrogen-bond acceptors (Lipinski definition) is 3. The molecule has 0 fully saturated rings. The molecule has 1 N–H and O–H groups in total. The molecule has 96 valence electrons. The van der Waals surface area contributed by atoms with Gasteiger partial charge in [0.25, 0.3) is 0 Å². The number of fused-ring (bicyclic) bond motifs is 1. The van der Waals surface area contributed by atoms with E-state index in [2.05, 4.69) is 16.4 Å². The predicted octanol–water partition coefficient (Wildman–Crippen LogP) is 4.16. The van der Waals surface area contributed by atoms with E-state index in [1.54, 1.807) is 0 Å². The first-order valence-electron chi connectivity index (χ1n) is 6.40. The molecule has 0 atom stereocenters. The average Bonchev–Trinajstić information content (AvgIpc) is 2.49. The second-order valence-corrected chi connectivity index (χ2v) is 4.68.